The lowest BCUT2D eigenvalue weighted by Crippen LogP contribution is -2.51. The molecule has 128 valence electrons. The first-order valence-electron chi connectivity index (χ1n) is 7.53. The summed E-state index contributed by atoms with van der Waals surface area (Å²) >= 11 is 0. The molecule has 7 heteroatoms. The lowest BCUT2D eigenvalue weighted by Gasteiger charge is -2.35. The summed E-state index contributed by atoms with van der Waals surface area (Å²) in [5.74, 6) is -0.197. The van der Waals surface area contributed by atoms with Crippen molar-refractivity contribution in [2.75, 3.05) is 19.7 Å². The predicted molar refractivity (Wildman–Crippen MR) is 79.5 cm³/mol. The summed E-state index contributed by atoms with van der Waals surface area (Å²) in [4.78, 5) is 13.9. The van der Waals surface area contributed by atoms with E-state index in [0.29, 0.717) is 12.1 Å². The molecular weight excluding hydrogens is 309 g/mol. The third-order valence-corrected chi connectivity index (χ3v) is 3.97. The van der Waals surface area contributed by atoms with Gasteiger partial charge in [-0.3, -0.25) is 4.79 Å². The first-order valence-corrected chi connectivity index (χ1v) is 7.53. The molecule has 0 radical (unpaired) electrons. The van der Waals surface area contributed by atoms with Gasteiger partial charge < -0.3 is 15.4 Å². The van der Waals surface area contributed by atoms with E-state index >= 15 is 0 Å². The monoisotopic (exact) mass is 330 g/mol. The van der Waals surface area contributed by atoms with Crippen LogP contribution in [-0.2, 0) is 15.7 Å². The molecule has 0 aromatic heterocycles. The Balaban J connectivity index is 2.14. The first kappa shape index (κ1) is 17.7. The maximum atomic E-state index is 12.8. The van der Waals surface area contributed by atoms with Crippen LogP contribution in [0.4, 0.5) is 13.2 Å². The molecule has 2 atom stereocenters. The highest BCUT2D eigenvalue weighted by molar-refractivity contribution is 5.82. The van der Waals surface area contributed by atoms with Crippen LogP contribution >= 0.6 is 0 Å². The number of halogens is 3. The van der Waals surface area contributed by atoms with Crippen molar-refractivity contribution in [3.05, 3.63) is 35.4 Å². The number of ether oxygens (including phenoxy) is 1. The molecule has 0 aliphatic carbocycles. The zero-order chi connectivity index (χ0) is 17.2. The minimum atomic E-state index is -4.40. The Morgan fingerprint density at radius 2 is 2.09 bits per heavy atom. The van der Waals surface area contributed by atoms with Crippen LogP contribution in [-0.4, -0.2) is 36.5 Å². The number of hydrogen-bond donors (Lipinski definition) is 1. The van der Waals surface area contributed by atoms with Crippen LogP contribution < -0.4 is 5.73 Å². The third kappa shape index (κ3) is 4.23. The van der Waals surface area contributed by atoms with Crippen LogP contribution in [0, 0.1) is 5.92 Å². The second kappa shape index (κ2) is 6.88. The number of nitrogens with zero attached hydrogens (tertiary/aromatic N) is 1. The lowest BCUT2D eigenvalue weighted by molar-refractivity contribution is -0.142. The number of carbonyl (C=O) groups is 1. The Morgan fingerprint density at radius 3 is 2.70 bits per heavy atom. The normalized spacial score (nSPS) is 20.7. The molecule has 1 aromatic rings. The zero-order valence-corrected chi connectivity index (χ0v) is 13.1. The van der Waals surface area contributed by atoms with Gasteiger partial charge in [0.05, 0.1) is 24.8 Å². The van der Waals surface area contributed by atoms with Gasteiger partial charge in [0.25, 0.3) is 0 Å². The Morgan fingerprint density at radius 1 is 1.39 bits per heavy atom. The number of alkyl halides is 3. The van der Waals surface area contributed by atoms with Gasteiger partial charge in [-0.15, -0.1) is 0 Å². The summed E-state index contributed by atoms with van der Waals surface area (Å²) in [7, 11) is 0. The van der Waals surface area contributed by atoms with Crippen LogP contribution in [0.2, 0.25) is 0 Å². The molecule has 1 fully saturated rings. The largest absolute Gasteiger partial charge is 0.416 e. The summed E-state index contributed by atoms with van der Waals surface area (Å²) < 4.78 is 44.0. The zero-order valence-electron chi connectivity index (χ0n) is 13.1. The summed E-state index contributed by atoms with van der Waals surface area (Å²) in [5, 5.41) is 0. The van der Waals surface area contributed by atoms with Gasteiger partial charge in [0.1, 0.15) is 6.10 Å². The highest BCUT2D eigenvalue weighted by Gasteiger charge is 2.33. The van der Waals surface area contributed by atoms with Crippen LogP contribution in [0.1, 0.15) is 31.1 Å². The SMILES string of the molecule is CC(C)[C@H](N)C(=O)N1CCO[C@@H](c2cccc(C(F)(F)F)c2)C1. The fourth-order valence-corrected chi connectivity index (χ4v) is 2.46. The molecule has 1 aliphatic heterocycles. The maximum absolute atomic E-state index is 12.8. The third-order valence-electron chi connectivity index (χ3n) is 3.97. The topological polar surface area (TPSA) is 55.6 Å². The summed E-state index contributed by atoms with van der Waals surface area (Å²) in [6.07, 6.45) is -4.98. The van der Waals surface area contributed by atoms with Crippen LogP contribution in [0.3, 0.4) is 0 Å². The average molecular weight is 330 g/mol. The van der Waals surface area contributed by atoms with E-state index in [1.54, 1.807) is 11.0 Å². The molecule has 0 spiro atoms. The number of rotatable bonds is 3. The van der Waals surface area contributed by atoms with Gasteiger partial charge in [-0.1, -0.05) is 26.0 Å². The van der Waals surface area contributed by atoms with Gasteiger partial charge in [-0.25, -0.2) is 0 Å². The Labute approximate surface area is 133 Å². The molecule has 23 heavy (non-hydrogen) atoms. The van der Waals surface area contributed by atoms with E-state index in [1.165, 1.54) is 6.07 Å². The minimum Gasteiger partial charge on any atom is -0.370 e. The molecule has 1 heterocycles. The number of amides is 1. The predicted octanol–water partition coefficient (Wildman–Crippen LogP) is 2.59. The van der Waals surface area contributed by atoms with E-state index in [2.05, 4.69) is 0 Å². The van der Waals surface area contributed by atoms with Gasteiger partial charge >= 0.3 is 6.18 Å². The van der Waals surface area contributed by atoms with Crippen molar-refractivity contribution < 1.29 is 22.7 Å². The summed E-state index contributed by atoms with van der Waals surface area (Å²) in [5.41, 5.74) is 5.57. The van der Waals surface area contributed by atoms with Gasteiger partial charge in [-0.2, -0.15) is 13.2 Å². The van der Waals surface area contributed by atoms with Crippen molar-refractivity contribution in [1.29, 1.82) is 0 Å². The number of morpholine rings is 1. The van der Waals surface area contributed by atoms with E-state index in [-0.39, 0.29) is 25.0 Å². The Bertz CT molecular complexity index is 561. The van der Waals surface area contributed by atoms with Crippen molar-refractivity contribution >= 4 is 5.91 Å². The van der Waals surface area contributed by atoms with E-state index in [4.69, 9.17) is 10.5 Å². The Kier molecular flexibility index (Phi) is 5.31. The highest BCUT2D eigenvalue weighted by Crippen LogP contribution is 2.32. The molecule has 1 aliphatic rings. The van der Waals surface area contributed by atoms with Crippen LogP contribution in [0.5, 0.6) is 0 Å². The first-order chi connectivity index (χ1) is 10.7. The van der Waals surface area contributed by atoms with Gasteiger partial charge in [0.15, 0.2) is 0 Å². The van der Waals surface area contributed by atoms with Gasteiger partial charge in [0, 0.05) is 6.54 Å². The van der Waals surface area contributed by atoms with Crippen molar-refractivity contribution in [2.45, 2.75) is 32.2 Å². The molecule has 1 aromatic carbocycles. The number of hydrogen-bond acceptors (Lipinski definition) is 3. The van der Waals surface area contributed by atoms with Gasteiger partial charge in [-0.05, 0) is 23.6 Å². The Hall–Kier alpha value is -1.60. The molecule has 0 saturated carbocycles. The summed E-state index contributed by atoms with van der Waals surface area (Å²) in [6.45, 7) is 4.59. The molecule has 1 amide bonds. The molecule has 1 saturated heterocycles. The van der Waals surface area contributed by atoms with Crippen LogP contribution in [0.25, 0.3) is 0 Å². The van der Waals surface area contributed by atoms with Crippen molar-refractivity contribution in [3.63, 3.8) is 0 Å². The molecule has 0 bridgehead atoms. The number of carbonyl (C=O) groups excluding carboxylic acids is 1. The van der Waals surface area contributed by atoms with Crippen molar-refractivity contribution in [1.82, 2.24) is 4.90 Å². The lowest BCUT2D eigenvalue weighted by atomic mass is 10.0. The molecule has 2 rings (SSSR count). The number of benzene rings is 1. The minimum absolute atomic E-state index is 0.00245. The molecule has 0 unspecified atom stereocenters. The summed E-state index contributed by atoms with van der Waals surface area (Å²) in [6, 6.07) is 4.40. The standard InChI is InChI=1S/C16H21F3N2O2/c1-10(2)14(20)15(22)21-6-7-23-13(9-21)11-4-3-5-12(8-11)16(17,18)19/h3-5,8,10,13-14H,6-7,9,20H2,1-2H3/t13-,14+/m1/s1. The van der Waals surface area contributed by atoms with E-state index in [9.17, 15) is 18.0 Å². The smallest absolute Gasteiger partial charge is 0.370 e. The van der Waals surface area contributed by atoms with E-state index in [1.807, 2.05) is 13.8 Å². The average Bonchev–Trinajstić information content (AvgIpc) is 2.53. The second-order valence-corrected chi connectivity index (χ2v) is 6.04. The fraction of sp³-hybridized carbons (Fsp3) is 0.562. The second-order valence-electron chi connectivity index (χ2n) is 6.04. The fourth-order valence-electron chi connectivity index (χ4n) is 2.46. The van der Waals surface area contributed by atoms with Crippen molar-refractivity contribution in [3.8, 4) is 0 Å². The number of nitrogens with two attached hydrogens (primary N) is 1. The van der Waals surface area contributed by atoms with Gasteiger partial charge in [0.2, 0.25) is 5.91 Å². The van der Waals surface area contributed by atoms with E-state index < -0.39 is 23.9 Å². The maximum Gasteiger partial charge on any atom is 0.416 e. The van der Waals surface area contributed by atoms with E-state index in [0.717, 1.165) is 12.1 Å². The molecule has 2 N–H and O–H groups in total. The molecular formula is C16H21F3N2O2. The quantitative estimate of drug-likeness (QED) is 0.927. The van der Waals surface area contributed by atoms with Crippen molar-refractivity contribution in [2.24, 2.45) is 11.7 Å². The molecule has 4 nitrogen and oxygen atoms in total. The highest BCUT2D eigenvalue weighted by atomic mass is 19.4. The van der Waals surface area contributed by atoms with Crippen LogP contribution in [0.15, 0.2) is 24.3 Å².